The van der Waals surface area contributed by atoms with Gasteiger partial charge in [-0.25, -0.2) is 0 Å². The number of hydrogen-bond acceptors (Lipinski definition) is 9. The van der Waals surface area contributed by atoms with Crippen LogP contribution in [0.25, 0.3) is 12.2 Å². The molecule has 2 amide bonds. The van der Waals surface area contributed by atoms with E-state index in [9.17, 15) is 40.5 Å². The third kappa shape index (κ3) is 8.89. The van der Waals surface area contributed by atoms with Crippen molar-refractivity contribution in [2.45, 2.75) is 12.7 Å². The molecule has 0 bridgehead atoms. The standard InChI is InChI=1S/C30H26N4O7/c31-14-22(10-20-6-8-25(35)27(37)12-20)29(39)33-16-24(41-18-19-4-2-1-3-5-19)17-34-30(40)23(15-32)11-21-7-9-26(36)28(38)13-21/h1-13,24,35-38H,16-18H2,(H,33,39)(H,34,40)/b22-10+,23-11+. The second kappa shape index (κ2) is 14.4. The number of ether oxygens (including phenoxy) is 1. The topological polar surface area (TPSA) is 196 Å². The van der Waals surface area contributed by atoms with Crippen LogP contribution in [0.1, 0.15) is 16.7 Å². The van der Waals surface area contributed by atoms with Crippen LogP contribution in [0.3, 0.4) is 0 Å². The molecule has 0 unspecified atom stereocenters. The second-order valence-corrected chi connectivity index (χ2v) is 8.67. The van der Waals surface area contributed by atoms with Crippen molar-refractivity contribution in [3.63, 3.8) is 0 Å². The van der Waals surface area contributed by atoms with Crippen LogP contribution in [0.15, 0.2) is 77.9 Å². The van der Waals surface area contributed by atoms with Crippen molar-refractivity contribution in [1.29, 1.82) is 10.5 Å². The lowest BCUT2D eigenvalue weighted by Gasteiger charge is -2.19. The van der Waals surface area contributed by atoms with E-state index in [0.717, 1.165) is 5.56 Å². The first-order chi connectivity index (χ1) is 19.7. The highest BCUT2D eigenvalue weighted by molar-refractivity contribution is 6.02. The number of nitriles is 2. The maximum atomic E-state index is 12.7. The zero-order valence-electron chi connectivity index (χ0n) is 21.6. The predicted octanol–water partition coefficient (Wildman–Crippen LogP) is 2.84. The molecule has 0 saturated carbocycles. The highest BCUT2D eigenvalue weighted by Crippen LogP contribution is 2.26. The molecule has 11 nitrogen and oxygen atoms in total. The van der Waals surface area contributed by atoms with E-state index < -0.39 is 29.4 Å². The van der Waals surface area contributed by atoms with E-state index in [4.69, 9.17) is 4.74 Å². The molecule has 3 aromatic rings. The van der Waals surface area contributed by atoms with E-state index in [1.54, 1.807) is 12.1 Å². The molecule has 11 heteroatoms. The molecule has 208 valence electrons. The predicted molar refractivity (Wildman–Crippen MR) is 148 cm³/mol. The molecule has 3 aromatic carbocycles. The minimum atomic E-state index is -0.765. The van der Waals surface area contributed by atoms with Crippen LogP contribution in [-0.2, 0) is 20.9 Å². The van der Waals surface area contributed by atoms with Gasteiger partial charge in [0.05, 0.1) is 12.7 Å². The molecule has 0 fully saturated rings. The summed E-state index contributed by atoms with van der Waals surface area (Å²) in [5.41, 5.74) is 0.924. The van der Waals surface area contributed by atoms with Gasteiger partial charge in [-0.2, -0.15) is 10.5 Å². The Labute approximate surface area is 235 Å². The van der Waals surface area contributed by atoms with Crippen LogP contribution in [0.5, 0.6) is 23.0 Å². The largest absolute Gasteiger partial charge is 0.504 e. The van der Waals surface area contributed by atoms with E-state index in [-0.39, 0.29) is 42.3 Å². The van der Waals surface area contributed by atoms with Crippen LogP contribution >= 0.6 is 0 Å². The zero-order valence-corrected chi connectivity index (χ0v) is 21.6. The van der Waals surface area contributed by atoms with E-state index in [1.807, 2.05) is 30.3 Å². The van der Waals surface area contributed by atoms with Crippen LogP contribution < -0.4 is 10.6 Å². The molecular formula is C30H26N4O7. The molecule has 0 radical (unpaired) electrons. The minimum absolute atomic E-state index is 0.108. The highest BCUT2D eigenvalue weighted by atomic mass is 16.5. The lowest BCUT2D eigenvalue weighted by Crippen LogP contribution is -2.42. The zero-order chi connectivity index (χ0) is 29.8. The monoisotopic (exact) mass is 554 g/mol. The van der Waals surface area contributed by atoms with Gasteiger partial charge in [-0.15, -0.1) is 0 Å². The Hall–Kier alpha value is -5.78. The molecule has 0 aliphatic carbocycles. The molecular weight excluding hydrogens is 528 g/mol. The van der Waals surface area contributed by atoms with Gasteiger partial charge in [-0.3, -0.25) is 9.59 Å². The third-order valence-electron chi connectivity index (χ3n) is 5.66. The summed E-state index contributed by atoms with van der Waals surface area (Å²) in [6.45, 7) is -0.0643. The van der Waals surface area contributed by atoms with Crippen molar-refractivity contribution in [3.05, 3.63) is 94.6 Å². The second-order valence-electron chi connectivity index (χ2n) is 8.67. The van der Waals surface area contributed by atoms with Gasteiger partial charge in [-0.05, 0) is 53.1 Å². The first kappa shape index (κ1) is 29.8. The number of hydrogen-bond donors (Lipinski definition) is 6. The molecule has 6 N–H and O–H groups in total. The average molecular weight is 555 g/mol. The number of aromatic hydroxyl groups is 4. The van der Waals surface area contributed by atoms with Crippen molar-refractivity contribution in [3.8, 4) is 35.1 Å². The van der Waals surface area contributed by atoms with Gasteiger partial charge in [0.2, 0.25) is 0 Å². The molecule has 0 atom stereocenters. The maximum absolute atomic E-state index is 12.7. The Morgan fingerprint density at radius 3 is 1.61 bits per heavy atom. The number of benzene rings is 3. The Morgan fingerprint density at radius 1 is 0.732 bits per heavy atom. The summed E-state index contributed by atoms with van der Waals surface area (Å²) in [6.07, 6.45) is 1.71. The van der Waals surface area contributed by atoms with Crippen molar-refractivity contribution in [2.24, 2.45) is 0 Å². The van der Waals surface area contributed by atoms with Crippen molar-refractivity contribution >= 4 is 24.0 Å². The molecule has 41 heavy (non-hydrogen) atoms. The lowest BCUT2D eigenvalue weighted by molar-refractivity contribution is -0.118. The van der Waals surface area contributed by atoms with Gasteiger partial charge < -0.3 is 35.8 Å². The summed E-state index contributed by atoms with van der Waals surface area (Å²) >= 11 is 0. The van der Waals surface area contributed by atoms with Gasteiger partial charge in [0.1, 0.15) is 23.3 Å². The summed E-state index contributed by atoms with van der Waals surface area (Å²) in [7, 11) is 0. The minimum Gasteiger partial charge on any atom is -0.504 e. The van der Waals surface area contributed by atoms with E-state index in [1.165, 1.54) is 48.6 Å². The number of carbonyl (C=O) groups excluding carboxylic acids is 2. The number of rotatable bonds is 11. The number of nitrogens with one attached hydrogen (secondary N) is 2. The fraction of sp³-hybridized carbons (Fsp3) is 0.133. The fourth-order valence-corrected chi connectivity index (χ4v) is 3.47. The summed E-state index contributed by atoms with van der Waals surface area (Å²) < 4.78 is 5.89. The maximum Gasteiger partial charge on any atom is 0.262 e. The fourth-order valence-electron chi connectivity index (χ4n) is 3.47. The smallest absolute Gasteiger partial charge is 0.262 e. The van der Waals surface area contributed by atoms with Gasteiger partial charge in [0.15, 0.2) is 23.0 Å². The number of phenolic OH excluding ortho intramolecular Hbond substituents is 4. The van der Waals surface area contributed by atoms with Gasteiger partial charge in [0.25, 0.3) is 11.8 Å². The summed E-state index contributed by atoms with van der Waals surface area (Å²) in [5, 5.41) is 62.4. The number of amides is 2. The number of phenols is 4. The quantitative estimate of drug-likeness (QED) is 0.117. The highest BCUT2D eigenvalue weighted by Gasteiger charge is 2.17. The molecule has 0 spiro atoms. The van der Waals surface area contributed by atoms with Crippen LogP contribution in [-0.4, -0.2) is 51.4 Å². The average Bonchev–Trinajstić information content (AvgIpc) is 2.97. The SMILES string of the molecule is N#C/C(=C\c1ccc(O)c(O)c1)C(=O)NCC(CNC(=O)/C(C#N)=C/c1ccc(O)c(O)c1)OCc1ccccc1. The molecule has 0 aliphatic heterocycles. The van der Waals surface area contributed by atoms with Crippen molar-refractivity contribution < 1.29 is 34.8 Å². The third-order valence-corrected chi connectivity index (χ3v) is 5.66. The van der Waals surface area contributed by atoms with E-state index >= 15 is 0 Å². The Balaban J connectivity index is 1.70. The number of nitrogens with zero attached hydrogens (tertiary/aromatic N) is 2. The molecule has 0 heterocycles. The lowest BCUT2D eigenvalue weighted by atomic mass is 10.1. The molecule has 0 aromatic heterocycles. The van der Waals surface area contributed by atoms with Gasteiger partial charge in [-0.1, -0.05) is 42.5 Å². The van der Waals surface area contributed by atoms with Crippen LogP contribution in [0, 0.1) is 22.7 Å². The van der Waals surface area contributed by atoms with E-state index in [0.29, 0.717) is 11.1 Å². The van der Waals surface area contributed by atoms with Crippen LogP contribution in [0.2, 0.25) is 0 Å². The molecule has 0 saturated heterocycles. The van der Waals surface area contributed by atoms with Crippen molar-refractivity contribution in [2.75, 3.05) is 13.1 Å². The van der Waals surface area contributed by atoms with Gasteiger partial charge in [0, 0.05) is 13.1 Å². The summed E-state index contributed by atoms with van der Waals surface area (Å²) in [6, 6.07) is 20.4. The molecule has 0 aliphatic rings. The Bertz CT molecular complexity index is 1460. The Morgan fingerprint density at radius 2 is 1.20 bits per heavy atom. The normalized spacial score (nSPS) is 12.0. The summed E-state index contributed by atoms with van der Waals surface area (Å²) in [4.78, 5) is 25.4. The first-order valence-electron chi connectivity index (χ1n) is 12.2. The van der Waals surface area contributed by atoms with Crippen LogP contribution in [0.4, 0.5) is 0 Å². The van der Waals surface area contributed by atoms with E-state index in [2.05, 4.69) is 10.6 Å². The number of carbonyl (C=O) groups is 2. The van der Waals surface area contributed by atoms with Crippen molar-refractivity contribution in [1.82, 2.24) is 10.6 Å². The Kier molecular flexibility index (Phi) is 10.5. The molecule has 3 rings (SSSR count). The summed E-state index contributed by atoms with van der Waals surface area (Å²) in [5.74, 6) is -2.97. The first-order valence-corrected chi connectivity index (χ1v) is 12.2. The van der Waals surface area contributed by atoms with Gasteiger partial charge >= 0.3 is 0 Å².